The smallest absolute Gasteiger partial charge is 0.376 e. The van der Waals surface area contributed by atoms with E-state index < -0.39 is 15.6 Å². The van der Waals surface area contributed by atoms with Crippen LogP contribution in [-0.4, -0.2) is 38.0 Å². The molecule has 4 nitrogen and oxygen atoms in total. The van der Waals surface area contributed by atoms with Crippen molar-refractivity contribution < 1.29 is 25.8 Å². The van der Waals surface area contributed by atoms with Gasteiger partial charge in [-0.15, -0.1) is 0 Å². The number of hydrogen-bond donors (Lipinski definition) is 0. The lowest BCUT2D eigenvalue weighted by Gasteiger charge is -2.35. The van der Waals surface area contributed by atoms with Crippen molar-refractivity contribution >= 4 is 10.1 Å². The van der Waals surface area contributed by atoms with Crippen LogP contribution >= 0.6 is 0 Å². The van der Waals surface area contributed by atoms with Gasteiger partial charge in [0.2, 0.25) is 0 Å². The van der Waals surface area contributed by atoms with Gasteiger partial charge in [-0.1, -0.05) is 12.1 Å². The van der Waals surface area contributed by atoms with Crippen molar-refractivity contribution in [2.24, 2.45) is 0 Å². The van der Waals surface area contributed by atoms with Crippen LogP contribution in [0.3, 0.4) is 0 Å². The summed E-state index contributed by atoms with van der Waals surface area (Å²) >= 11 is 0. The number of fused-ring (bicyclic) bond motifs is 1. The number of hydrogen-bond acceptors (Lipinski definition) is 4. The van der Waals surface area contributed by atoms with Crippen LogP contribution in [0.1, 0.15) is 31.4 Å². The Labute approximate surface area is 134 Å². The molecule has 2 rings (SSSR count). The van der Waals surface area contributed by atoms with Crippen molar-refractivity contribution in [1.82, 2.24) is 4.90 Å². The molecule has 1 aliphatic carbocycles. The summed E-state index contributed by atoms with van der Waals surface area (Å²) in [5, 5.41) is 0. The lowest BCUT2D eigenvalue weighted by atomic mass is 9.86. The maximum Gasteiger partial charge on any atom is 0.534 e. The molecular formula is C15H20F3NO3S. The lowest BCUT2D eigenvalue weighted by Crippen LogP contribution is -2.40. The maximum atomic E-state index is 12.5. The van der Waals surface area contributed by atoms with Crippen LogP contribution in [0.4, 0.5) is 13.2 Å². The Morgan fingerprint density at radius 2 is 1.96 bits per heavy atom. The number of likely N-dealkylation sites (N-methyl/N-ethyl adjacent to an activating group) is 1. The molecule has 0 bridgehead atoms. The number of halogens is 3. The molecule has 0 saturated carbocycles. The van der Waals surface area contributed by atoms with Crippen molar-refractivity contribution in [3.8, 4) is 5.75 Å². The third kappa shape index (κ3) is 3.80. The average molecular weight is 351 g/mol. The number of benzene rings is 1. The second-order valence-corrected chi connectivity index (χ2v) is 7.57. The van der Waals surface area contributed by atoms with Gasteiger partial charge in [0.15, 0.2) is 0 Å². The summed E-state index contributed by atoms with van der Waals surface area (Å²) in [6.07, 6.45) is 1.89. The zero-order valence-electron chi connectivity index (χ0n) is 13.2. The second-order valence-electron chi connectivity index (χ2n) is 6.03. The third-order valence-electron chi connectivity index (χ3n) is 4.29. The molecule has 1 aromatic carbocycles. The van der Waals surface area contributed by atoms with Gasteiger partial charge in [0.25, 0.3) is 0 Å². The first-order chi connectivity index (χ1) is 10.5. The van der Waals surface area contributed by atoms with E-state index in [0.29, 0.717) is 24.4 Å². The Kier molecular flexibility index (Phi) is 4.96. The molecule has 0 spiro atoms. The molecule has 0 N–H and O–H groups in total. The van der Waals surface area contributed by atoms with Crippen molar-refractivity contribution in [3.63, 3.8) is 0 Å². The molecule has 1 aliphatic rings. The highest BCUT2D eigenvalue weighted by molar-refractivity contribution is 7.88. The molecule has 1 atom stereocenters. The van der Waals surface area contributed by atoms with Gasteiger partial charge >= 0.3 is 15.6 Å². The predicted molar refractivity (Wildman–Crippen MR) is 80.8 cm³/mol. The molecule has 0 radical (unpaired) electrons. The van der Waals surface area contributed by atoms with Gasteiger partial charge in [0, 0.05) is 12.1 Å². The predicted octanol–water partition coefficient (Wildman–Crippen LogP) is 3.11. The van der Waals surface area contributed by atoms with E-state index in [-0.39, 0.29) is 11.8 Å². The first-order valence-corrected chi connectivity index (χ1v) is 8.77. The first-order valence-electron chi connectivity index (χ1n) is 7.36. The minimum Gasteiger partial charge on any atom is -0.376 e. The molecule has 0 aliphatic heterocycles. The fraction of sp³-hybridized carbons (Fsp3) is 0.600. The van der Waals surface area contributed by atoms with Gasteiger partial charge in [-0.2, -0.15) is 21.6 Å². The zero-order chi connectivity index (χ0) is 17.4. The summed E-state index contributed by atoms with van der Waals surface area (Å²) in [7, 11) is -3.63. The topological polar surface area (TPSA) is 46.6 Å². The number of rotatable bonds is 4. The molecule has 0 saturated heterocycles. The summed E-state index contributed by atoms with van der Waals surface area (Å²) in [6.45, 7) is 4.15. The van der Waals surface area contributed by atoms with Crippen molar-refractivity contribution in [3.05, 3.63) is 29.3 Å². The zero-order valence-corrected chi connectivity index (χ0v) is 14.0. The van der Waals surface area contributed by atoms with Gasteiger partial charge in [0.05, 0.1) is 0 Å². The second kappa shape index (κ2) is 6.32. The highest BCUT2D eigenvalue weighted by Gasteiger charge is 2.49. The van der Waals surface area contributed by atoms with Crippen LogP contribution in [0.25, 0.3) is 0 Å². The van der Waals surface area contributed by atoms with Gasteiger partial charge in [-0.3, -0.25) is 0 Å². The Hall–Kier alpha value is -1.28. The standard InChI is InChI=1S/C15H20F3NO3S/c1-10(2)19(3)12-7-8-13-11(9-12)5-4-6-14(13)22-23(20,21)15(16,17)18/h4-6,10,12H,7-9H2,1-3H3. The monoisotopic (exact) mass is 351 g/mol. The highest BCUT2D eigenvalue weighted by atomic mass is 32.2. The third-order valence-corrected chi connectivity index (χ3v) is 5.25. The molecule has 0 aromatic heterocycles. The van der Waals surface area contributed by atoms with E-state index in [1.165, 1.54) is 12.1 Å². The van der Waals surface area contributed by atoms with Crippen LogP contribution in [0.2, 0.25) is 0 Å². The van der Waals surface area contributed by atoms with Gasteiger partial charge in [0.1, 0.15) is 5.75 Å². The molecule has 1 unspecified atom stereocenters. The van der Waals surface area contributed by atoms with Crippen LogP contribution in [0.5, 0.6) is 5.75 Å². The van der Waals surface area contributed by atoms with E-state index in [1.807, 2.05) is 13.1 Å². The van der Waals surface area contributed by atoms with Crippen molar-refractivity contribution in [2.75, 3.05) is 7.05 Å². The SMILES string of the molecule is CC(C)N(C)C1CCc2c(cccc2OS(=O)(=O)C(F)(F)F)C1. The summed E-state index contributed by atoms with van der Waals surface area (Å²) in [5.41, 5.74) is -4.04. The van der Waals surface area contributed by atoms with Crippen LogP contribution < -0.4 is 4.18 Å². The Bertz CT molecular complexity index is 671. The first kappa shape index (κ1) is 18.1. The largest absolute Gasteiger partial charge is 0.534 e. The van der Waals surface area contributed by atoms with Gasteiger partial charge in [-0.25, -0.2) is 0 Å². The van der Waals surface area contributed by atoms with E-state index in [9.17, 15) is 21.6 Å². The van der Waals surface area contributed by atoms with Crippen LogP contribution in [-0.2, 0) is 23.0 Å². The quantitative estimate of drug-likeness (QED) is 0.618. The normalized spacial score (nSPS) is 19.0. The van der Waals surface area contributed by atoms with E-state index in [0.717, 1.165) is 12.0 Å². The Morgan fingerprint density at radius 1 is 1.30 bits per heavy atom. The summed E-state index contributed by atoms with van der Waals surface area (Å²) in [6, 6.07) is 5.23. The Morgan fingerprint density at radius 3 is 2.52 bits per heavy atom. The molecule has 23 heavy (non-hydrogen) atoms. The average Bonchev–Trinajstić information content (AvgIpc) is 2.44. The maximum absolute atomic E-state index is 12.5. The van der Waals surface area contributed by atoms with E-state index >= 15 is 0 Å². The van der Waals surface area contributed by atoms with E-state index in [2.05, 4.69) is 22.9 Å². The summed E-state index contributed by atoms with van der Waals surface area (Å²) in [4.78, 5) is 2.21. The van der Waals surface area contributed by atoms with Gasteiger partial charge in [-0.05, 0) is 57.4 Å². The fourth-order valence-electron chi connectivity index (χ4n) is 2.77. The van der Waals surface area contributed by atoms with Crippen LogP contribution in [0, 0.1) is 0 Å². The Balaban J connectivity index is 2.27. The minimum atomic E-state index is -5.64. The number of nitrogens with zero attached hydrogens (tertiary/aromatic N) is 1. The number of alkyl halides is 3. The van der Waals surface area contributed by atoms with Gasteiger partial charge < -0.3 is 9.08 Å². The fourth-order valence-corrected chi connectivity index (χ4v) is 3.25. The lowest BCUT2D eigenvalue weighted by molar-refractivity contribution is -0.0500. The molecule has 130 valence electrons. The molecule has 1 aromatic rings. The van der Waals surface area contributed by atoms with E-state index in [1.54, 1.807) is 0 Å². The molecular weight excluding hydrogens is 331 g/mol. The molecule has 8 heteroatoms. The molecule has 0 fully saturated rings. The van der Waals surface area contributed by atoms with Crippen molar-refractivity contribution in [1.29, 1.82) is 0 Å². The minimum absolute atomic E-state index is 0.217. The van der Waals surface area contributed by atoms with E-state index in [4.69, 9.17) is 0 Å². The highest BCUT2D eigenvalue weighted by Crippen LogP contribution is 2.34. The molecule has 0 amide bonds. The summed E-state index contributed by atoms with van der Waals surface area (Å²) in [5.74, 6) is -0.217. The summed E-state index contributed by atoms with van der Waals surface area (Å²) < 4.78 is 64.2. The van der Waals surface area contributed by atoms with Crippen molar-refractivity contribution in [2.45, 2.75) is 50.7 Å². The molecule has 0 heterocycles. The van der Waals surface area contributed by atoms with Crippen LogP contribution in [0.15, 0.2) is 18.2 Å².